The number of halogens is 3. The second-order valence-electron chi connectivity index (χ2n) is 8.55. The zero-order chi connectivity index (χ0) is 23.8. The van der Waals surface area contributed by atoms with E-state index in [1.165, 1.54) is 12.1 Å². The van der Waals surface area contributed by atoms with Crippen molar-refractivity contribution in [2.75, 3.05) is 26.4 Å². The van der Waals surface area contributed by atoms with Crippen molar-refractivity contribution in [3.63, 3.8) is 0 Å². The van der Waals surface area contributed by atoms with Crippen LogP contribution in [0.4, 0.5) is 13.2 Å². The zero-order valence-corrected chi connectivity index (χ0v) is 18.6. The van der Waals surface area contributed by atoms with Gasteiger partial charge in [-0.05, 0) is 43.6 Å². The first-order valence-electron chi connectivity index (χ1n) is 11.0. The molecule has 0 aromatic heterocycles. The van der Waals surface area contributed by atoms with Gasteiger partial charge in [-0.2, -0.15) is 8.78 Å². The smallest absolute Gasteiger partial charge is 0.298 e. The Bertz CT molecular complexity index is 1040. The van der Waals surface area contributed by atoms with Crippen LogP contribution in [0.5, 0.6) is 0 Å². The lowest BCUT2D eigenvalue weighted by molar-refractivity contribution is -0.0584. The zero-order valence-electron chi connectivity index (χ0n) is 18.6. The van der Waals surface area contributed by atoms with Gasteiger partial charge < -0.3 is 19.8 Å². The van der Waals surface area contributed by atoms with Crippen molar-refractivity contribution in [3.8, 4) is 0 Å². The minimum atomic E-state index is -3.70. The summed E-state index contributed by atoms with van der Waals surface area (Å²) in [7, 11) is 0. The van der Waals surface area contributed by atoms with Gasteiger partial charge in [-0.3, -0.25) is 10.3 Å². The Labute approximate surface area is 190 Å². The number of aliphatic hydroxyl groups is 2. The van der Waals surface area contributed by atoms with Crippen LogP contribution in [0, 0.1) is 5.82 Å². The topological polar surface area (TPSA) is 77.3 Å². The van der Waals surface area contributed by atoms with Crippen LogP contribution in [-0.2, 0) is 10.7 Å². The van der Waals surface area contributed by atoms with Gasteiger partial charge in [0.25, 0.3) is 5.92 Å². The van der Waals surface area contributed by atoms with E-state index in [1.807, 2.05) is 30.2 Å². The van der Waals surface area contributed by atoms with Crippen molar-refractivity contribution < 1.29 is 28.1 Å². The van der Waals surface area contributed by atoms with Crippen LogP contribution in [0.2, 0.25) is 0 Å². The Balaban J connectivity index is 1.60. The summed E-state index contributed by atoms with van der Waals surface area (Å²) in [6.07, 6.45) is 5.43. The summed E-state index contributed by atoms with van der Waals surface area (Å²) < 4.78 is 48.1. The van der Waals surface area contributed by atoms with Crippen molar-refractivity contribution in [1.82, 2.24) is 10.2 Å². The molecule has 3 N–H and O–H groups in total. The Morgan fingerprint density at radius 3 is 2.85 bits per heavy atom. The van der Waals surface area contributed by atoms with Gasteiger partial charge in [0.2, 0.25) is 0 Å². The predicted molar refractivity (Wildman–Crippen MR) is 118 cm³/mol. The maximum atomic E-state index is 14.9. The lowest BCUT2D eigenvalue weighted by atomic mass is 9.95. The molecule has 0 fully saturated rings. The van der Waals surface area contributed by atoms with Gasteiger partial charge in [0.15, 0.2) is 0 Å². The molecule has 0 amide bonds. The van der Waals surface area contributed by atoms with Crippen molar-refractivity contribution in [2.45, 2.75) is 44.5 Å². The van der Waals surface area contributed by atoms with E-state index in [9.17, 15) is 18.3 Å². The van der Waals surface area contributed by atoms with Crippen LogP contribution in [-0.4, -0.2) is 59.6 Å². The maximum absolute atomic E-state index is 14.9. The third kappa shape index (κ3) is 4.77. The number of alkyl halides is 2. The van der Waals surface area contributed by atoms with Gasteiger partial charge in [0.1, 0.15) is 24.5 Å². The number of ether oxygens (including phenoxy) is 1. The molecular formula is C24H28F3N3O3. The second kappa shape index (κ2) is 9.42. The molecule has 9 heteroatoms. The number of fused-ring (bicyclic) bond motifs is 1. The quantitative estimate of drug-likeness (QED) is 0.542. The molecule has 3 atom stereocenters. The summed E-state index contributed by atoms with van der Waals surface area (Å²) in [6.45, 7) is 3.90. The number of benzene rings is 1. The molecule has 0 spiro atoms. The molecule has 1 aromatic rings. The minimum Gasteiger partial charge on any atom is -0.390 e. The number of hydrogen-bond donors (Lipinski definition) is 3. The van der Waals surface area contributed by atoms with Gasteiger partial charge >= 0.3 is 0 Å². The highest BCUT2D eigenvalue weighted by Gasteiger charge is 2.36. The summed E-state index contributed by atoms with van der Waals surface area (Å²) in [6, 6.07) is 2.89. The molecule has 0 saturated carbocycles. The van der Waals surface area contributed by atoms with Crippen molar-refractivity contribution in [2.24, 2.45) is 4.99 Å². The van der Waals surface area contributed by atoms with E-state index in [0.29, 0.717) is 31.2 Å². The molecule has 178 valence electrons. The molecule has 6 nitrogen and oxygen atoms in total. The largest absolute Gasteiger partial charge is 0.390 e. The number of rotatable bonds is 7. The van der Waals surface area contributed by atoms with Crippen molar-refractivity contribution in [3.05, 3.63) is 70.2 Å². The molecular weight excluding hydrogens is 435 g/mol. The average Bonchev–Trinajstić information content (AvgIpc) is 3.18. The first kappa shape index (κ1) is 23.7. The number of aliphatic imine (C=N–C) groups is 1. The Hall–Kier alpha value is -2.46. The SMILES string of the molecule is CC1CN2C=C(C3=CCOCC3)C=C(C(O)N[C@H](C)c3cccc(C(F)(F)CO)c3F)C2=N1. The number of nitrogens with one attached hydrogen (secondary N) is 1. The van der Waals surface area contributed by atoms with Gasteiger partial charge in [-0.1, -0.05) is 18.2 Å². The van der Waals surface area contributed by atoms with E-state index in [1.54, 1.807) is 6.92 Å². The van der Waals surface area contributed by atoms with E-state index in [4.69, 9.17) is 9.84 Å². The fraction of sp³-hybridized carbons (Fsp3) is 0.458. The van der Waals surface area contributed by atoms with Crippen LogP contribution in [0.1, 0.15) is 37.4 Å². The number of aliphatic hydroxyl groups excluding tert-OH is 2. The molecule has 2 unspecified atom stereocenters. The number of hydrogen-bond acceptors (Lipinski definition) is 6. The molecule has 0 radical (unpaired) electrons. The van der Waals surface area contributed by atoms with Crippen molar-refractivity contribution in [1.29, 1.82) is 0 Å². The van der Waals surface area contributed by atoms with Crippen molar-refractivity contribution >= 4 is 5.84 Å². The lowest BCUT2D eigenvalue weighted by Crippen LogP contribution is -2.40. The highest BCUT2D eigenvalue weighted by molar-refractivity contribution is 6.02. The normalized spacial score (nSPS) is 22.8. The van der Waals surface area contributed by atoms with Crippen LogP contribution in [0.3, 0.4) is 0 Å². The molecule has 3 aliphatic rings. The fourth-order valence-corrected chi connectivity index (χ4v) is 4.32. The Morgan fingerprint density at radius 1 is 1.36 bits per heavy atom. The molecule has 0 saturated heterocycles. The molecule has 3 aliphatic heterocycles. The summed E-state index contributed by atoms with van der Waals surface area (Å²) in [4.78, 5) is 6.62. The van der Waals surface area contributed by atoms with Gasteiger partial charge in [-0.15, -0.1) is 0 Å². The molecule has 4 rings (SSSR count). The second-order valence-corrected chi connectivity index (χ2v) is 8.55. The van der Waals surface area contributed by atoms with E-state index in [0.717, 1.165) is 23.6 Å². The Kier molecular flexibility index (Phi) is 6.76. The lowest BCUT2D eigenvalue weighted by Gasteiger charge is -2.30. The highest BCUT2D eigenvalue weighted by Crippen LogP contribution is 2.34. The van der Waals surface area contributed by atoms with E-state index in [2.05, 4.69) is 10.3 Å². The monoisotopic (exact) mass is 463 g/mol. The van der Waals surface area contributed by atoms with Gasteiger partial charge in [0.05, 0.1) is 24.8 Å². The highest BCUT2D eigenvalue weighted by atomic mass is 19.3. The molecule has 1 aromatic carbocycles. The molecule has 0 aliphatic carbocycles. The summed E-state index contributed by atoms with van der Waals surface area (Å²) >= 11 is 0. The first-order valence-corrected chi connectivity index (χ1v) is 11.0. The number of nitrogens with zero attached hydrogens (tertiary/aromatic N) is 2. The minimum absolute atomic E-state index is 0.0300. The fourth-order valence-electron chi connectivity index (χ4n) is 4.32. The van der Waals surface area contributed by atoms with E-state index < -0.39 is 36.2 Å². The van der Waals surface area contributed by atoms with Crippen LogP contribution in [0.15, 0.2) is 58.3 Å². The number of amidine groups is 1. The van der Waals surface area contributed by atoms with Gasteiger partial charge in [0, 0.05) is 29.9 Å². The maximum Gasteiger partial charge on any atom is 0.298 e. The number of allylic oxidation sites excluding steroid dienone is 2. The molecule has 0 bridgehead atoms. The van der Waals surface area contributed by atoms with Crippen LogP contribution >= 0.6 is 0 Å². The standard InChI is InChI=1S/C24H28F3N3O3/c1-14-11-30-12-17(16-6-8-33-9-7-16)10-19(22(30)28-14)23(32)29-15(2)18-4-3-5-20(21(18)25)24(26,27)13-31/h3-6,10,12,14-15,23,29,31-32H,7-9,11,13H2,1-2H3/t14?,15-,23?/m1/s1. The summed E-state index contributed by atoms with van der Waals surface area (Å²) in [5.74, 6) is -4.17. The van der Waals surface area contributed by atoms with E-state index in [-0.39, 0.29) is 11.6 Å². The molecule has 33 heavy (non-hydrogen) atoms. The summed E-state index contributed by atoms with van der Waals surface area (Å²) in [5.41, 5.74) is 1.69. The molecule has 3 heterocycles. The van der Waals surface area contributed by atoms with Gasteiger partial charge in [-0.25, -0.2) is 4.39 Å². The third-order valence-electron chi connectivity index (χ3n) is 6.06. The predicted octanol–water partition coefficient (Wildman–Crippen LogP) is 3.15. The van der Waals surface area contributed by atoms with Crippen LogP contribution in [0.25, 0.3) is 0 Å². The Morgan fingerprint density at radius 2 is 2.15 bits per heavy atom. The van der Waals surface area contributed by atoms with Crippen LogP contribution < -0.4 is 5.32 Å². The first-order chi connectivity index (χ1) is 15.7. The third-order valence-corrected chi connectivity index (χ3v) is 6.06. The average molecular weight is 464 g/mol. The summed E-state index contributed by atoms with van der Waals surface area (Å²) in [5, 5.41) is 22.9. The van der Waals surface area contributed by atoms with E-state index >= 15 is 0 Å².